The van der Waals surface area contributed by atoms with Crippen molar-refractivity contribution in [1.29, 1.82) is 0 Å². The maximum absolute atomic E-state index is 12.5. The van der Waals surface area contributed by atoms with Gasteiger partial charge in [-0.05, 0) is 50.3 Å². The highest BCUT2D eigenvalue weighted by Crippen LogP contribution is 2.41. The molecule has 0 bridgehead atoms. The Kier molecular flexibility index (Phi) is 3.87. The number of nitrogens with one attached hydrogen (secondary N) is 1. The number of likely N-dealkylation sites (tertiary alicyclic amines) is 1. The molecule has 0 amide bonds. The summed E-state index contributed by atoms with van der Waals surface area (Å²) in [6.07, 6.45) is 2.47. The fraction of sp³-hybridized carbons (Fsp3) is 0.769. The molecule has 1 aromatic heterocycles. The first-order chi connectivity index (χ1) is 9.89. The summed E-state index contributed by atoms with van der Waals surface area (Å²) in [6, 6.07) is 0.272. The van der Waals surface area contributed by atoms with E-state index in [0.717, 1.165) is 32.4 Å². The van der Waals surface area contributed by atoms with Gasteiger partial charge in [0.2, 0.25) is 0 Å². The monoisotopic (exact) mass is 330 g/mol. The molecule has 1 aliphatic carbocycles. The summed E-state index contributed by atoms with van der Waals surface area (Å²) in [7, 11) is -1.20. The Bertz CT molecular complexity index is 624. The minimum Gasteiger partial charge on any atom is -0.382 e. The molecule has 6 nitrogen and oxygen atoms in total. The van der Waals surface area contributed by atoms with E-state index in [1.165, 1.54) is 11.5 Å². The van der Waals surface area contributed by atoms with Gasteiger partial charge in [0.15, 0.2) is 15.7 Å². The molecule has 0 spiro atoms. The molecule has 0 aromatic carbocycles. The van der Waals surface area contributed by atoms with Gasteiger partial charge in [-0.15, -0.1) is 0 Å². The lowest BCUT2D eigenvalue weighted by atomic mass is 9.94. The molecule has 1 saturated heterocycles. The standard InChI is InChI=1S/C13H22N4O2S2/c1-8-7-17(2)6-5-10(8)15-13-11(12(14)16-20-13)21(18,19)9-3-4-9/h8-10,15H,3-7H2,1-2H3,(H2,14,16). The predicted molar refractivity (Wildman–Crippen MR) is 85.4 cm³/mol. The highest BCUT2D eigenvalue weighted by Gasteiger charge is 2.41. The fourth-order valence-electron chi connectivity index (χ4n) is 2.94. The van der Waals surface area contributed by atoms with Crippen LogP contribution in [0.1, 0.15) is 26.2 Å². The maximum Gasteiger partial charge on any atom is 0.187 e. The number of rotatable bonds is 4. The second kappa shape index (κ2) is 5.40. The van der Waals surface area contributed by atoms with E-state index in [1.54, 1.807) is 0 Å². The number of piperidine rings is 1. The van der Waals surface area contributed by atoms with E-state index in [2.05, 4.69) is 28.6 Å². The molecule has 2 aliphatic rings. The lowest BCUT2D eigenvalue weighted by Gasteiger charge is -2.35. The second-order valence-electron chi connectivity index (χ2n) is 6.25. The molecule has 118 valence electrons. The van der Waals surface area contributed by atoms with Gasteiger partial charge in [0.25, 0.3) is 0 Å². The summed E-state index contributed by atoms with van der Waals surface area (Å²) in [6.45, 7) is 4.21. The van der Waals surface area contributed by atoms with Crippen LogP contribution in [0.15, 0.2) is 4.90 Å². The highest BCUT2D eigenvalue weighted by molar-refractivity contribution is 7.92. The summed E-state index contributed by atoms with van der Waals surface area (Å²) in [5.41, 5.74) is 5.83. The van der Waals surface area contributed by atoms with Crippen molar-refractivity contribution in [2.45, 2.75) is 42.4 Å². The lowest BCUT2D eigenvalue weighted by molar-refractivity contribution is 0.206. The lowest BCUT2D eigenvalue weighted by Crippen LogP contribution is -2.43. The maximum atomic E-state index is 12.5. The number of nitrogens with zero attached hydrogens (tertiary/aromatic N) is 2. The fourth-order valence-corrected chi connectivity index (χ4v) is 5.88. The van der Waals surface area contributed by atoms with Gasteiger partial charge in [0.05, 0.1) is 5.25 Å². The third-order valence-electron chi connectivity index (χ3n) is 4.35. The molecule has 1 aliphatic heterocycles. The van der Waals surface area contributed by atoms with E-state index >= 15 is 0 Å². The van der Waals surface area contributed by atoms with Gasteiger partial charge < -0.3 is 16.0 Å². The molecule has 8 heteroatoms. The predicted octanol–water partition coefficient (Wildman–Crippen LogP) is 1.41. The van der Waals surface area contributed by atoms with Crippen molar-refractivity contribution in [3.63, 3.8) is 0 Å². The van der Waals surface area contributed by atoms with Crippen LogP contribution in [-0.2, 0) is 9.84 Å². The molecule has 2 unspecified atom stereocenters. The van der Waals surface area contributed by atoms with E-state index in [1.807, 2.05) is 0 Å². The largest absolute Gasteiger partial charge is 0.382 e. The number of aromatic nitrogens is 1. The number of nitrogen functional groups attached to an aromatic ring is 1. The Morgan fingerprint density at radius 3 is 2.71 bits per heavy atom. The summed E-state index contributed by atoms with van der Waals surface area (Å²) >= 11 is 1.17. The quantitative estimate of drug-likeness (QED) is 0.868. The van der Waals surface area contributed by atoms with Crippen LogP contribution in [0.25, 0.3) is 0 Å². The molecule has 3 rings (SSSR count). The van der Waals surface area contributed by atoms with Gasteiger partial charge >= 0.3 is 0 Å². The van der Waals surface area contributed by atoms with Gasteiger partial charge in [0, 0.05) is 12.6 Å². The second-order valence-corrected chi connectivity index (χ2v) is 9.19. The molecule has 2 heterocycles. The molecule has 21 heavy (non-hydrogen) atoms. The van der Waals surface area contributed by atoms with Crippen LogP contribution in [0.2, 0.25) is 0 Å². The molecule has 1 aromatic rings. The topological polar surface area (TPSA) is 88.3 Å². The van der Waals surface area contributed by atoms with Crippen LogP contribution in [0, 0.1) is 5.92 Å². The molecule has 3 N–H and O–H groups in total. The third kappa shape index (κ3) is 2.89. The van der Waals surface area contributed by atoms with Gasteiger partial charge in [-0.1, -0.05) is 6.92 Å². The summed E-state index contributed by atoms with van der Waals surface area (Å²) in [4.78, 5) is 2.53. The van der Waals surface area contributed by atoms with Gasteiger partial charge in [-0.3, -0.25) is 0 Å². The molecule has 0 radical (unpaired) electrons. The van der Waals surface area contributed by atoms with Gasteiger partial charge in [0.1, 0.15) is 9.90 Å². The zero-order chi connectivity index (χ0) is 15.2. The van der Waals surface area contributed by atoms with E-state index in [-0.39, 0.29) is 22.0 Å². The Labute approximate surface area is 129 Å². The SMILES string of the molecule is CC1CN(C)CCC1Nc1snc(N)c1S(=O)(=O)C1CC1. The van der Waals surface area contributed by atoms with Crippen LogP contribution in [0.3, 0.4) is 0 Å². The van der Waals surface area contributed by atoms with Crippen LogP contribution in [0.5, 0.6) is 0 Å². The number of hydrogen-bond donors (Lipinski definition) is 2. The Hall–Kier alpha value is -0.860. The van der Waals surface area contributed by atoms with Crippen molar-refractivity contribution in [2.24, 2.45) is 5.92 Å². The number of anilines is 2. The molecule has 2 fully saturated rings. The van der Waals surface area contributed by atoms with Crippen molar-refractivity contribution in [1.82, 2.24) is 9.27 Å². The van der Waals surface area contributed by atoms with Crippen molar-refractivity contribution in [3.05, 3.63) is 0 Å². The number of nitrogens with two attached hydrogens (primary N) is 1. The molecule has 1 saturated carbocycles. The first kappa shape index (κ1) is 15.1. The van der Waals surface area contributed by atoms with Crippen LogP contribution < -0.4 is 11.1 Å². The Morgan fingerprint density at radius 2 is 2.10 bits per heavy atom. The zero-order valence-corrected chi connectivity index (χ0v) is 14.0. The average molecular weight is 330 g/mol. The van der Waals surface area contributed by atoms with Gasteiger partial charge in [-0.25, -0.2) is 8.42 Å². The van der Waals surface area contributed by atoms with E-state index in [4.69, 9.17) is 5.73 Å². The van der Waals surface area contributed by atoms with Crippen LogP contribution in [0.4, 0.5) is 10.8 Å². The van der Waals surface area contributed by atoms with E-state index < -0.39 is 9.84 Å². The average Bonchev–Trinajstić information content (AvgIpc) is 3.18. The smallest absolute Gasteiger partial charge is 0.187 e. The van der Waals surface area contributed by atoms with Crippen LogP contribution >= 0.6 is 11.5 Å². The zero-order valence-electron chi connectivity index (χ0n) is 12.4. The van der Waals surface area contributed by atoms with Crippen molar-refractivity contribution in [3.8, 4) is 0 Å². The summed E-state index contributed by atoms with van der Waals surface area (Å²) in [5.74, 6) is 0.610. The first-order valence-electron chi connectivity index (χ1n) is 7.33. The number of hydrogen-bond acceptors (Lipinski definition) is 7. The van der Waals surface area contributed by atoms with Crippen molar-refractivity contribution in [2.75, 3.05) is 31.2 Å². The van der Waals surface area contributed by atoms with Crippen molar-refractivity contribution < 1.29 is 8.42 Å². The normalized spacial score (nSPS) is 27.7. The van der Waals surface area contributed by atoms with Crippen LogP contribution in [-0.4, -0.2) is 49.1 Å². The van der Waals surface area contributed by atoms with Gasteiger partial charge in [-0.2, -0.15) is 4.37 Å². The number of sulfone groups is 1. The summed E-state index contributed by atoms with van der Waals surface area (Å²) < 4.78 is 29.1. The minimum atomic E-state index is -3.31. The third-order valence-corrected chi connectivity index (χ3v) is 7.60. The first-order valence-corrected chi connectivity index (χ1v) is 9.65. The van der Waals surface area contributed by atoms with E-state index in [9.17, 15) is 8.42 Å². The Morgan fingerprint density at radius 1 is 1.38 bits per heavy atom. The van der Waals surface area contributed by atoms with E-state index in [0.29, 0.717) is 10.9 Å². The Balaban J connectivity index is 1.84. The van der Waals surface area contributed by atoms with Crippen molar-refractivity contribution >= 4 is 32.2 Å². The minimum absolute atomic E-state index is 0.148. The molecular formula is C13H22N4O2S2. The molecule has 2 atom stereocenters. The molecular weight excluding hydrogens is 308 g/mol. The highest BCUT2D eigenvalue weighted by atomic mass is 32.2. The summed E-state index contributed by atoms with van der Waals surface area (Å²) in [5, 5.41) is 3.77.